The number of aromatic nitrogens is 1. The number of nitrogens with zero attached hydrogens (tertiary/aromatic N) is 1. The Balaban J connectivity index is 2.26. The van der Waals surface area contributed by atoms with E-state index in [1.807, 2.05) is 25.1 Å². The second-order valence-corrected chi connectivity index (χ2v) is 6.52. The molecule has 100 valence electrons. The van der Waals surface area contributed by atoms with E-state index in [1.165, 1.54) is 18.4 Å². The predicted octanol–water partition coefficient (Wildman–Crippen LogP) is 4.24. The highest BCUT2D eigenvalue weighted by atomic mass is 127. The Hall–Kier alpha value is -0.860. The van der Waals surface area contributed by atoms with Crippen LogP contribution in [0.25, 0.3) is 0 Å². The van der Waals surface area contributed by atoms with Gasteiger partial charge in [-0.25, -0.2) is 9.78 Å². The number of aryl methyl sites for hydroxylation is 1. The first kappa shape index (κ1) is 14.5. The summed E-state index contributed by atoms with van der Waals surface area (Å²) in [5.41, 5.74) is 1.09. The molecule has 1 heterocycles. The smallest absolute Gasteiger partial charge is 0.357 e. The van der Waals surface area contributed by atoms with Crippen molar-refractivity contribution in [1.29, 1.82) is 0 Å². The van der Waals surface area contributed by atoms with Gasteiger partial charge in [-0.05, 0) is 47.7 Å². The van der Waals surface area contributed by atoms with Gasteiger partial charge in [0.1, 0.15) is 0 Å². The number of anilines is 2. The lowest BCUT2D eigenvalue weighted by Crippen LogP contribution is -2.03. The Bertz CT molecular complexity index is 630. The second kappa shape index (κ2) is 6.06. The van der Waals surface area contributed by atoms with Crippen LogP contribution in [0, 0.1) is 10.5 Å². The number of rotatable bonds is 3. The van der Waals surface area contributed by atoms with Crippen molar-refractivity contribution in [2.24, 2.45) is 0 Å². The third kappa shape index (κ3) is 3.37. The standard InChI is InChI=1S/C12H10ClIN2O2S/c1-6-10(11(17)18-2)16-12(19-6)15-9-4-3-7(14)5-8(9)13/h3-5H,1-2H3,(H,15,16). The SMILES string of the molecule is COC(=O)c1nc(Nc2ccc(I)cc2Cl)sc1C. The summed E-state index contributed by atoms with van der Waals surface area (Å²) in [6, 6.07) is 5.67. The van der Waals surface area contributed by atoms with Gasteiger partial charge in [-0.15, -0.1) is 11.3 Å². The number of carbonyl (C=O) groups is 1. The zero-order chi connectivity index (χ0) is 14.0. The summed E-state index contributed by atoms with van der Waals surface area (Å²) in [6.07, 6.45) is 0. The minimum absolute atomic E-state index is 0.330. The fourth-order valence-electron chi connectivity index (χ4n) is 1.44. The Labute approximate surface area is 133 Å². The van der Waals surface area contributed by atoms with Crippen LogP contribution >= 0.6 is 45.5 Å². The summed E-state index contributed by atoms with van der Waals surface area (Å²) < 4.78 is 5.72. The molecular weight excluding hydrogens is 399 g/mol. The van der Waals surface area contributed by atoms with Crippen LogP contribution in [0.4, 0.5) is 10.8 Å². The molecule has 2 rings (SSSR count). The molecule has 0 saturated carbocycles. The van der Waals surface area contributed by atoms with Crippen molar-refractivity contribution in [2.45, 2.75) is 6.92 Å². The molecule has 0 fully saturated rings. The van der Waals surface area contributed by atoms with Gasteiger partial charge >= 0.3 is 5.97 Å². The molecule has 0 saturated heterocycles. The Morgan fingerprint density at radius 2 is 2.26 bits per heavy atom. The number of halogens is 2. The van der Waals surface area contributed by atoms with E-state index in [1.54, 1.807) is 0 Å². The Kier molecular flexibility index (Phi) is 4.64. The second-order valence-electron chi connectivity index (χ2n) is 3.66. The van der Waals surface area contributed by atoms with Crippen LogP contribution in [-0.2, 0) is 4.74 Å². The van der Waals surface area contributed by atoms with E-state index in [-0.39, 0.29) is 0 Å². The zero-order valence-electron chi connectivity index (χ0n) is 10.2. The normalized spacial score (nSPS) is 10.3. The number of nitrogens with one attached hydrogen (secondary N) is 1. The van der Waals surface area contributed by atoms with Gasteiger partial charge in [0.15, 0.2) is 10.8 Å². The number of benzene rings is 1. The maximum absolute atomic E-state index is 11.5. The molecular formula is C12H10ClIN2O2S. The number of carbonyl (C=O) groups excluding carboxylic acids is 1. The summed E-state index contributed by atoms with van der Waals surface area (Å²) in [5.74, 6) is -0.435. The van der Waals surface area contributed by atoms with E-state index in [4.69, 9.17) is 11.6 Å². The lowest BCUT2D eigenvalue weighted by atomic mass is 10.3. The van der Waals surface area contributed by atoms with Crippen LogP contribution in [0.2, 0.25) is 5.02 Å². The molecule has 0 aliphatic rings. The molecule has 2 aromatic rings. The van der Waals surface area contributed by atoms with Crippen molar-refractivity contribution < 1.29 is 9.53 Å². The summed E-state index contributed by atoms with van der Waals surface area (Å²) in [5, 5.41) is 4.33. The maximum Gasteiger partial charge on any atom is 0.357 e. The van der Waals surface area contributed by atoms with Crippen LogP contribution in [0.1, 0.15) is 15.4 Å². The minimum atomic E-state index is -0.435. The van der Waals surface area contributed by atoms with Gasteiger partial charge in [0.2, 0.25) is 0 Å². The fraction of sp³-hybridized carbons (Fsp3) is 0.167. The third-order valence-corrected chi connectivity index (χ3v) is 4.22. The zero-order valence-corrected chi connectivity index (χ0v) is 13.9. The van der Waals surface area contributed by atoms with Crippen molar-refractivity contribution in [1.82, 2.24) is 4.98 Å². The van der Waals surface area contributed by atoms with Crippen molar-refractivity contribution >= 4 is 62.3 Å². The first-order valence-electron chi connectivity index (χ1n) is 5.29. The molecule has 4 nitrogen and oxygen atoms in total. The number of hydrogen-bond acceptors (Lipinski definition) is 5. The molecule has 0 bridgehead atoms. The first-order chi connectivity index (χ1) is 9.01. The average Bonchev–Trinajstić information content (AvgIpc) is 2.73. The van der Waals surface area contributed by atoms with Gasteiger partial charge in [0.05, 0.1) is 17.8 Å². The highest BCUT2D eigenvalue weighted by Gasteiger charge is 2.16. The first-order valence-corrected chi connectivity index (χ1v) is 7.56. The molecule has 1 aromatic carbocycles. The Morgan fingerprint density at radius 1 is 1.53 bits per heavy atom. The summed E-state index contributed by atoms with van der Waals surface area (Å²) in [7, 11) is 1.34. The van der Waals surface area contributed by atoms with Crippen molar-refractivity contribution in [2.75, 3.05) is 12.4 Å². The average molecular weight is 409 g/mol. The monoisotopic (exact) mass is 408 g/mol. The molecule has 0 amide bonds. The molecule has 1 N–H and O–H groups in total. The van der Waals surface area contributed by atoms with E-state index < -0.39 is 5.97 Å². The quantitative estimate of drug-likeness (QED) is 0.610. The molecule has 7 heteroatoms. The number of thiazole rings is 1. The molecule has 0 spiro atoms. The highest BCUT2D eigenvalue weighted by molar-refractivity contribution is 14.1. The van der Waals surface area contributed by atoms with E-state index in [9.17, 15) is 4.79 Å². The van der Waals surface area contributed by atoms with Crippen molar-refractivity contribution in [3.63, 3.8) is 0 Å². The van der Waals surface area contributed by atoms with Gasteiger partial charge in [-0.3, -0.25) is 0 Å². The fourth-order valence-corrected chi connectivity index (χ4v) is 3.16. The van der Waals surface area contributed by atoms with Crippen LogP contribution in [0.5, 0.6) is 0 Å². The summed E-state index contributed by atoms with van der Waals surface area (Å²) in [4.78, 5) is 16.5. The van der Waals surface area contributed by atoms with E-state index in [2.05, 4.69) is 37.6 Å². The number of methoxy groups -OCH3 is 1. The van der Waals surface area contributed by atoms with Gasteiger partial charge < -0.3 is 10.1 Å². The van der Waals surface area contributed by atoms with Gasteiger partial charge in [0, 0.05) is 8.45 Å². The molecule has 19 heavy (non-hydrogen) atoms. The van der Waals surface area contributed by atoms with Crippen molar-refractivity contribution in [3.8, 4) is 0 Å². The topological polar surface area (TPSA) is 51.2 Å². The van der Waals surface area contributed by atoms with Crippen LogP contribution < -0.4 is 5.32 Å². The highest BCUT2D eigenvalue weighted by Crippen LogP contribution is 2.30. The molecule has 0 aliphatic carbocycles. The summed E-state index contributed by atoms with van der Waals surface area (Å²) >= 11 is 9.71. The number of hydrogen-bond donors (Lipinski definition) is 1. The minimum Gasteiger partial charge on any atom is -0.464 e. The van der Waals surface area contributed by atoms with E-state index in [0.29, 0.717) is 15.8 Å². The van der Waals surface area contributed by atoms with Crippen LogP contribution in [-0.4, -0.2) is 18.1 Å². The van der Waals surface area contributed by atoms with Gasteiger partial charge in [0.25, 0.3) is 0 Å². The number of esters is 1. The van der Waals surface area contributed by atoms with E-state index in [0.717, 1.165) is 14.1 Å². The van der Waals surface area contributed by atoms with Crippen molar-refractivity contribution in [3.05, 3.63) is 37.4 Å². The lowest BCUT2D eigenvalue weighted by Gasteiger charge is -2.05. The van der Waals surface area contributed by atoms with Gasteiger partial charge in [-0.1, -0.05) is 11.6 Å². The van der Waals surface area contributed by atoms with Crippen LogP contribution in [0.15, 0.2) is 18.2 Å². The van der Waals surface area contributed by atoms with E-state index >= 15 is 0 Å². The molecule has 0 atom stereocenters. The summed E-state index contributed by atoms with van der Waals surface area (Å²) in [6.45, 7) is 1.82. The maximum atomic E-state index is 11.5. The third-order valence-electron chi connectivity index (χ3n) is 2.35. The molecule has 0 unspecified atom stereocenters. The molecule has 0 aliphatic heterocycles. The molecule has 0 radical (unpaired) electrons. The predicted molar refractivity (Wildman–Crippen MR) is 85.6 cm³/mol. The van der Waals surface area contributed by atoms with Gasteiger partial charge in [-0.2, -0.15) is 0 Å². The largest absolute Gasteiger partial charge is 0.464 e. The Morgan fingerprint density at radius 3 is 2.89 bits per heavy atom. The van der Waals surface area contributed by atoms with Crippen LogP contribution in [0.3, 0.4) is 0 Å². The lowest BCUT2D eigenvalue weighted by molar-refractivity contribution is 0.0594. The number of ether oxygens (including phenoxy) is 1. The molecule has 1 aromatic heterocycles.